The van der Waals surface area contributed by atoms with Gasteiger partial charge in [-0.25, -0.2) is 10.9 Å². The van der Waals surface area contributed by atoms with Crippen LogP contribution in [0.3, 0.4) is 0 Å². The lowest BCUT2D eigenvalue weighted by atomic mass is 10.1. The molecule has 114 valence electrons. The van der Waals surface area contributed by atoms with Crippen LogP contribution in [0, 0.1) is 0 Å². The van der Waals surface area contributed by atoms with Gasteiger partial charge in [-0.3, -0.25) is 9.59 Å². The molecule has 3 aromatic rings. The molecule has 0 fully saturated rings. The normalized spacial score (nSPS) is 10.3. The highest BCUT2D eigenvalue weighted by Crippen LogP contribution is 2.20. The molecule has 0 saturated heterocycles. The molecule has 1 aromatic heterocycles. The van der Waals surface area contributed by atoms with Crippen LogP contribution in [-0.2, 0) is 0 Å². The largest absolute Gasteiger partial charge is 0.459 e. The number of benzene rings is 2. The molecule has 2 N–H and O–H groups in total. The molecule has 0 atom stereocenters. The lowest BCUT2D eigenvalue weighted by Crippen LogP contribution is -2.37. The Morgan fingerprint density at radius 1 is 0.870 bits per heavy atom. The van der Waals surface area contributed by atoms with Crippen molar-refractivity contribution in [2.75, 3.05) is 5.01 Å². The number of hydrogen-bond donors (Lipinski definition) is 1. The number of amides is 1. The predicted octanol–water partition coefficient (Wildman–Crippen LogP) is 3.03. The number of anilines is 1. The number of nitrogens with zero attached hydrogens (tertiary/aromatic N) is 1. The van der Waals surface area contributed by atoms with Crippen LogP contribution in [-0.4, -0.2) is 11.7 Å². The minimum Gasteiger partial charge on any atom is -0.459 e. The van der Waals surface area contributed by atoms with Crippen molar-refractivity contribution in [2.45, 2.75) is 0 Å². The first kappa shape index (κ1) is 14.7. The van der Waals surface area contributed by atoms with E-state index >= 15 is 0 Å². The zero-order valence-corrected chi connectivity index (χ0v) is 12.2. The summed E-state index contributed by atoms with van der Waals surface area (Å²) in [6.45, 7) is 0. The topological polar surface area (TPSA) is 76.5 Å². The van der Waals surface area contributed by atoms with Crippen LogP contribution < -0.4 is 10.9 Å². The SMILES string of the molecule is NN(C(=O)c1ccccc1)c1coc(C(=O)c2ccccc2)c1. The minimum atomic E-state index is -0.384. The fourth-order valence-electron chi connectivity index (χ4n) is 2.14. The second kappa shape index (κ2) is 6.29. The zero-order valence-electron chi connectivity index (χ0n) is 12.2. The first-order valence-electron chi connectivity index (χ1n) is 6.99. The van der Waals surface area contributed by atoms with Gasteiger partial charge in [-0.15, -0.1) is 0 Å². The Balaban J connectivity index is 1.82. The van der Waals surface area contributed by atoms with Gasteiger partial charge in [0.15, 0.2) is 5.76 Å². The van der Waals surface area contributed by atoms with Crippen LogP contribution >= 0.6 is 0 Å². The van der Waals surface area contributed by atoms with Gasteiger partial charge in [0.05, 0.1) is 5.69 Å². The van der Waals surface area contributed by atoms with Crippen LogP contribution in [0.2, 0.25) is 0 Å². The molecule has 3 rings (SSSR count). The van der Waals surface area contributed by atoms with Gasteiger partial charge in [0.1, 0.15) is 6.26 Å². The molecule has 5 nitrogen and oxygen atoms in total. The molecule has 0 aliphatic heterocycles. The third kappa shape index (κ3) is 3.04. The molecule has 0 radical (unpaired) electrons. The van der Waals surface area contributed by atoms with Crippen molar-refractivity contribution < 1.29 is 14.0 Å². The van der Waals surface area contributed by atoms with E-state index in [2.05, 4.69) is 0 Å². The Morgan fingerprint density at radius 3 is 2.04 bits per heavy atom. The van der Waals surface area contributed by atoms with Crippen molar-refractivity contribution in [3.05, 3.63) is 89.9 Å². The number of hydrazine groups is 1. The molecule has 0 saturated carbocycles. The monoisotopic (exact) mass is 306 g/mol. The molecule has 0 bridgehead atoms. The number of rotatable bonds is 4. The van der Waals surface area contributed by atoms with Crippen molar-refractivity contribution in [3.63, 3.8) is 0 Å². The van der Waals surface area contributed by atoms with Crippen LogP contribution in [0.4, 0.5) is 5.69 Å². The van der Waals surface area contributed by atoms with E-state index in [1.165, 1.54) is 12.3 Å². The summed E-state index contributed by atoms with van der Waals surface area (Å²) < 4.78 is 5.26. The first-order valence-corrected chi connectivity index (χ1v) is 6.99. The number of ketones is 1. The summed E-state index contributed by atoms with van der Waals surface area (Å²) in [7, 11) is 0. The van der Waals surface area contributed by atoms with Crippen molar-refractivity contribution in [1.82, 2.24) is 0 Å². The third-order valence-corrected chi connectivity index (χ3v) is 3.36. The van der Waals surface area contributed by atoms with E-state index in [0.29, 0.717) is 16.8 Å². The fraction of sp³-hybridized carbons (Fsp3) is 0. The third-order valence-electron chi connectivity index (χ3n) is 3.36. The van der Waals surface area contributed by atoms with Crippen molar-refractivity contribution >= 4 is 17.4 Å². The Labute approximate surface area is 132 Å². The molecule has 0 aliphatic carbocycles. The zero-order chi connectivity index (χ0) is 16.2. The Kier molecular flexibility index (Phi) is 4.03. The minimum absolute atomic E-state index is 0.127. The van der Waals surface area contributed by atoms with Crippen molar-refractivity contribution in [1.29, 1.82) is 0 Å². The Bertz CT molecular complexity index is 826. The molecule has 2 aromatic carbocycles. The maximum absolute atomic E-state index is 12.3. The van der Waals surface area contributed by atoms with Gasteiger partial charge in [-0.05, 0) is 12.1 Å². The first-order chi connectivity index (χ1) is 11.2. The number of hydrogen-bond acceptors (Lipinski definition) is 4. The maximum atomic E-state index is 12.3. The van der Waals surface area contributed by atoms with E-state index in [9.17, 15) is 9.59 Å². The second-order valence-electron chi connectivity index (χ2n) is 4.91. The highest BCUT2D eigenvalue weighted by atomic mass is 16.3. The van der Waals surface area contributed by atoms with E-state index in [-0.39, 0.29) is 17.5 Å². The predicted molar refractivity (Wildman–Crippen MR) is 86.0 cm³/mol. The van der Waals surface area contributed by atoms with Gasteiger partial charge in [0, 0.05) is 17.2 Å². The van der Waals surface area contributed by atoms with E-state index in [1.54, 1.807) is 48.5 Å². The molecule has 0 aliphatic rings. The van der Waals surface area contributed by atoms with Gasteiger partial charge >= 0.3 is 0 Å². The maximum Gasteiger partial charge on any atom is 0.272 e. The van der Waals surface area contributed by atoms with E-state index < -0.39 is 0 Å². The van der Waals surface area contributed by atoms with Crippen LogP contribution in [0.1, 0.15) is 26.5 Å². The number of carbonyl (C=O) groups excluding carboxylic acids is 2. The van der Waals surface area contributed by atoms with Gasteiger partial charge in [-0.1, -0.05) is 48.5 Å². The Hall–Kier alpha value is -3.18. The number of nitrogens with two attached hydrogens (primary N) is 1. The quantitative estimate of drug-likeness (QED) is 0.348. The molecular weight excluding hydrogens is 292 g/mol. The molecular formula is C18H14N2O3. The second-order valence-corrected chi connectivity index (χ2v) is 4.91. The van der Waals surface area contributed by atoms with Crippen molar-refractivity contribution in [2.24, 2.45) is 5.84 Å². The van der Waals surface area contributed by atoms with Crippen LogP contribution in [0.5, 0.6) is 0 Å². The van der Waals surface area contributed by atoms with Gasteiger partial charge < -0.3 is 4.42 Å². The average Bonchev–Trinajstić information content (AvgIpc) is 3.11. The number of carbonyl (C=O) groups is 2. The lowest BCUT2D eigenvalue weighted by Gasteiger charge is -2.13. The molecule has 5 heteroatoms. The summed E-state index contributed by atoms with van der Waals surface area (Å²) in [4.78, 5) is 24.6. The van der Waals surface area contributed by atoms with Gasteiger partial charge in [0.2, 0.25) is 5.78 Å². The summed E-state index contributed by atoms with van der Waals surface area (Å²) in [5.41, 5.74) is 1.27. The summed E-state index contributed by atoms with van der Waals surface area (Å²) in [5, 5.41) is 0.959. The average molecular weight is 306 g/mol. The molecule has 0 unspecified atom stereocenters. The highest BCUT2D eigenvalue weighted by Gasteiger charge is 2.19. The smallest absolute Gasteiger partial charge is 0.272 e. The standard InChI is InChI=1S/C18H14N2O3/c19-20(18(22)14-9-5-2-6-10-14)15-11-16(23-12-15)17(21)13-7-3-1-4-8-13/h1-12H,19H2. The van der Waals surface area contributed by atoms with Gasteiger partial charge in [0.25, 0.3) is 5.91 Å². The molecule has 1 amide bonds. The molecule has 1 heterocycles. The van der Waals surface area contributed by atoms with E-state index in [1.807, 2.05) is 12.1 Å². The van der Waals surface area contributed by atoms with Crippen molar-refractivity contribution in [3.8, 4) is 0 Å². The Morgan fingerprint density at radius 2 is 1.43 bits per heavy atom. The van der Waals surface area contributed by atoms with Gasteiger partial charge in [-0.2, -0.15) is 0 Å². The van der Waals surface area contributed by atoms with Crippen LogP contribution in [0.25, 0.3) is 0 Å². The van der Waals surface area contributed by atoms with E-state index in [0.717, 1.165) is 5.01 Å². The van der Waals surface area contributed by atoms with Crippen LogP contribution in [0.15, 0.2) is 77.4 Å². The lowest BCUT2D eigenvalue weighted by molar-refractivity contribution is 0.0984. The summed E-state index contributed by atoms with van der Waals surface area (Å²) in [5.74, 6) is 5.31. The van der Waals surface area contributed by atoms with E-state index in [4.69, 9.17) is 10.3 Å². The molecule has 23 heavy (non-hydrogen) atoms. The molecule has 0 spiro atoms. The summed E-state index contributed by atoms with van der Waals surface area (Å²) >= 11 is 0. The number of furan rings is 1. The summed E-state index contributed by atoms with van der Waals surface area (Å²) in [6, 6.07) is 18.8. The fourth-order valence-corrected chi connectivity index (χ4v) is 2.14. The highest BCUT2D eigenvalue weighted by molar-refractivity contribution is 6.09. The summed E-state index contributed by atoms with van der Waals surface area (Å²) in [6.07, 6.45) is 1.29.